The van der Waals surface area contributed by atoms with Gasteiger partial charge in [0.25, 0.3) is 5.91 Å². The molecule has 7 heteroatoms. The van der Waals surface area contributed by atoms with Crippen molar-refractivity contribution in [2.75, 3.05) is 19.8 Å². The van der Waals surface area contributed by atoms with Crippen molar-refractivity contribution in [1.29, 1.82) is 0 Å². The van der Waals surface area contributed by atoms with Crippen LogP contribution < -0.4 is 10.6 Å². The average Bonchev–Trinajstić information content (AvgIpc) is 2.64. The lowest BCUT2D eigenvalue weighted by Crippen LogP contribution is -2.48. The van der Waals surface area contributed by atoms with Gasteiger partial charge in [0.05, 0.1) is 6.61 Å². The Morgan fingerprint density at radius 2 is 2.00 bits per heavy atom. The molecule has 0 bridgehead atoms. The smallest absolute Gasteiger partial charge is 0.326 e. The fourth-order valence-electron chi connectivity index (χ4n) is 2.80. The minimum absolute atomic E-state index is 0.159. The van der Waals surface area contributed by atoms with E-state index in [-0.39, 0.29) is 24.2 Å². The standard InChI is InChI=1S/C18H24N2O5/c21-15(20-16(18(23)24)14-8-5-11-25-12-14)9-4-10-19-17(22)13-6-2-1-3-7-13/h1-3,6-7,14,16H,4-5,8-12H2,(H,19,22)(H,20,21)(H,23,24). The second kappa shape index (κ2) is 9.78. The van der Waals surface area contributed by atoms with Gasteiger partial charge in [-0.1, -0.05) is 18.2 Å². The molecule has 0 radical (unpaired) electrons. The normalized spacial score (nSPS) is 18.2. The summed E-state index contributed by atoms with van der Waals surface area (Å²) < 4.78 is 5.30. The zero-order chi connectivity index (χ0) is 18.1. The first-order chi connectivity index (χ1) is 12.1. The van der Waals surface area contributed by atoms with Crippen molar-refractivity contribution in [3.8, 4) is 0 Å². The van der Waals surface area contributed by atoms with Crippen LogP contribution >= 0.6 is 0 Å². The predicted molar refractivity (Wildman–Crippen MR) is 91.1 cm³/mol. The molecule has 0 aromatic heterocycles. The van der Waals surface area contributed by atoms with Gasteiger partial charge >= 0.3 is 5.97 Å². The molecule has 2 rings (SSSR count). The van der Waals surface area contributed by atoms with Crippen molar-refractivity contribution >= 4 is 17.8 Å². The zero-order valence-corrected chi connectivity index (χ0v) is 14.1. The van der Waals surface area contributed by atoms with E-state index in [0.717, 1.165) is 12.8 Å². The minimum Gasteiger partial charge on any atom is -0.480 e. The van der Waals surface area contributed by atoms with Gasteiger partial charge in [-0.2, -0.15) is 0 Å². The highest BCUT2D eigenvalue weighted by molar-refractivity contribution is 5.94. The Labute approximate surface area is 146 Å². The van der Waals surface area contributed by atoms with E-state index in [4.69, 9.17) is 4.74 Å². The fraction of sp³-hybridized carbons (Fsp3) is 0.500. The van der Waals surface area contributed by atoms with E-state index in [0.29, 0.717) is 31.7 Å². The first kappa shape index (κ1) is 18.9. The Hall–Kier alpha value is -2.41. The van der Waals surface area contributed by atoms with Gasteiger partial charge in [-0.15, -0.1) is 0 Å². The maximum atomic E-state index is 12.0. The lowest BCUT2D eigenvalue weighted by atomic mass is 9.93. The van der Waals surface area contributed by atoms with Gasteiger partial charge in [-0.3, -0.25) is 9.59 Å². The van der Waals surface area contributed by atoms with Crippen LogP contribution in [0.4, 0.5) is 0 Å². The molecule has 25 heavy (non-hydrogen) atoms. The molecule has 136 valence electrons. The van der Waals surface area contributed by atoms with E-state index < -0.39 is 12.0 Å². The van der Waals surface area contributed by atoms with Crippen LogP contribution in [0.1, 0.15) is 36.0 Å². The van der Waals surface area contributed by atoms with Crippen molar-refractivity contribution in [3.63, 3.8) is 0 Å². The van der Waals surface area contributed by atoms with Gasteiger partial charge in [-0.25, -0.2) is 4.79 Å². The highest BCUT2D eigenvalue weighted by atomic mass is 16.5. The Kier molecular flexibility index (Phi) is 7.40. The molecule has 2 atom stereocenters. The molecule has 0 aliphatic carbocycles. The maximum absolute atomic E-state index is 12.0. The molecule has 1 fully saturated rings. The van der Waals surface area contributed by atoms with E-state index >= 15 is 0 Å². The van der Waals surface area contributed by atoms with Crippen LogP contribution in [0.3, 0.4) is 0 Å². The predicted octanol–water partition coefficient (Wildman–Crippen LogP) is 1.19. The summed E-state index contributed by atoms with van der Waals surface area (Å²) in [6.45, 7) is 1.34. The molecule has 0 saturated carbocycles. The quantitative estimate of drug-likeness (QED) is 0.612. The molecule has 1 aliphatic heterocycles. The van der Waals surface area contributed by atoms with Crippen LogP contribution in [-0.2, 0) is 14.3 Å². The molecule has 7 nitrogen and oxygen atoms in total. The minimum atomic E-state index is -1.04. The van der Waals surface area contributed by atoms with Gasteiger partial charge in [0, 0.05) is 31.1 Å². The number of carboxylic acid groups (broad SMARTS) is 1. The van der Waals surface area contributed by atoms with Crippen molar-refractivity contribution in [2.45, 2.75) is 31.7 Å². The van der Waals surface area contributed by atoms with Crippen LogP contribution in [-0.4, -0.2) is 48.7 Å². The van der Waals surface area contributed by atoms with Gasteiger partial charge in [0.15, 0.2) is 0 Å². The number of rotatable bonds is 8. The third-order valence-corrected chi connectivity index (χ3v) is 4.15. The summed E-state index contributed by atoms with van der Waals surface area (Å²) in [6, 6.07) is 7.90. The van der Waals surface area contributed by atoms with Crippen molar-refractivity contribution in [2.24, 2.45) is 5.92 Å². The molecule has 1 aromatic carbocycles. The maximum Gasteiger partial charge on any atom is 0.326 e. The highest BCUT2D eigenvalue weighted by Crippen LogP contribution is 2.18. The van der Waals surface area contributed by atoms with Gasteiger partial charge < -0.3 is 20.5 Å². The number of carbonyl (C=O) groups is 3. The number of benzene rings is 1. The van der Waals surface area contributed by atoms with Crippen LogP contribution in [0, 0.1) is 5.92 Å². The Bertz CT molecular complexity index is 584. The number of carbonyl (C=O) groups excluding carboxylic acids is 2. The molecule has 1 aromatic rings. The van der Waals surface area contributed by atoms with Crippen LogP contribution in [0.2, 0.25) is 0 Å². The lowest BCUT2D eigenvalue weighted by molar-refractivity contribution is -0.145. The monoisotopic (exact) mass is 348 g/mol. The van der Waals surface area contributed by atoms with Crippen molar-refractivity contribution < 1.29 is 24.2 Å². The number of hydrogen-bond donors (Lipinski definition) is 3. The highest BCUT2D eigenvalue weighted by Gasteiger charge is 2.31. The van der Waals surface area contributed by atoms with Gasteiger partial charge in [0.1, 0.15) is 6.04 Å². The molecule has 1 saturated heterocycles. The number of nitrogens with one attached hydrogen (secondary N) is 2. The van der Waals surface area contributed by atoms with Gasteiger partial charge in [0.2, 0.25) is 5.91 Å². The van der Waals surface area contributed by atoms with Gasteiger partial charge in [-0.05, 0) is 31.4 Å². The molecule has 1 aliphatic rings. The molecule has 3 N–H and O–H groups in total. The molecule has 2 amide bonds. The first-order valence-electron chi connectivity index (χ1n) is 8.51. The molecular weight excluding hydrogens is 324 g/mol. The molecule has 1 heterocycles. The van der Waals surface area contributed by atoms with E-state index in [2.05, 4.69) is 10.6 Å². The van der Waals surface area contributed by atoms with Crippen molar-refractivity contribution in [3.05, 3.63) is 35.9 Å². The second-order valence-corrected chi connectivity index (χ2v) is 6.09. The largest absolute Gasteiger partial charge is 0.480 e. The summed E-state index contributed by atoms with van der Waals surface area (Å²) in [7, 11) is 0. The Morgan fingerprint density at radius 3 is 2.64 bits per heavy atom. The van der Waals surface area contributed by atoms with E-state index in [1.165, 1.54) is 0 Å². The number of carboxylic acids is 1. The number of aliphatic carboxylic acids is 1. The lowest BCUT2D eigenvalue weighted by Gasteiger charge is -2.28. The number of hydrogen-bond acceptors (Lipinski definition) is 4. The summed E-state index contributed by atoms with van der Waals surface area (Å²) in [5.41, 5.74) is 0.565. The third kappa shape index (κ3) is 6.19. The van der Waals surface area contributed by atoms with E-state index in [1.54, 1.807) is 24.3 Å². The van der Waals surface area contributed by atoms with E-state index in [1.807, 2.05) is 6.07 Å². The molecule has 2 unspecified atom stereocenters. The van der Waals surface area contributed by atoms with Crippen LogP contribution in [0.5, 0.6) is 0 Å². The second-order valence-electron chi connectivity index (χ2n) is 6.09. The number of amides is 2. The van der Waals surface area contributed by atoms with Crippen molar-refractivity contribution in [1.82, 2.24) is 10.6 Å². The first-order valence-corrected chi connectivity index (χ1v) is 8.51. The average molecular weight is 348 g/mol. The molecule has 0 spiro atoms. The SMILES string of the molecule is O=C(CCCNC(=O)c1ccccc1)NC(C(=O)O)C1CCCOC1. The van der Waals surface area contributed by atoms with E-state index in [9.17, 15) is 19.5 Å². The fourth-order valence-corrected chi connectivity index (χ4v) is 2.80. The third-order valence-electron chi connectivity index (χ3n) is 4.15. The van der Waals surface area contributed by atoms with Crippen LogP contribution in [0.25, 0.3) is 0 Å². The molecular formula is C18H24N2O5. The Morgan fingerprint density at radius 1 is 1.24 bits per heavy atom. The summed E-state index contributed by atoms with van der Waals surface area (Å²) in [6.07, 6.45) is 2.13. The number of ether oxygens (including phenoxy) is 1. The zero-order valence-electron chi connectivity index (χ0n) is 14.1. The summed E-state index contributed by atoms with van der Waals surface area (Å²) >= 11 is 0. The summed E-state index contributed by atoms with van der Waals surface area (Å²) in [5, 5.41) is 14.6. The summed E-state index contributed by atoms with van der Waals surface area (Å²) in [5.74, 6) is -1.76. The Balaban J connectivity index is 1.70. The van der Waals surface area contributed by atoms with Crippen LogP contribution in [0.15, 0.2) is 30.3 Å². The summed E-state index contributed by atoms with van der Waals surface area (Å²) in [4.78, 5) is 35.2. The topological polar surface area (TPSA) is 105 Å².